The van der Waals surface area contributed by atoms with E-state index < -0.39 is 17.6 Å². The molecule has 14 heteroatoms. The van der Waals surface area contributed by atoms with E-state index in [0.717, 1.165) is 18.0 Å². The number of carbonyl (C=O) groups excluding carboxylic acids is 1. The van der Waals surface area contributed by atoms with Crippen LogP contribution in [-0.4, -0.2) is 74.0 Å². The molecule has 1 aromatic carbocycles. The van der Waals surface area contributed by atoms with Crippen LogP contribution in [0.1, 0.15) is 41.5 Å². The molecule has 10 nitrogen and oxygen atoms in total. The molecule has 0 radical (unpaired) electrons. The van der Waals surface area contributed by atoms with Gasteiger partial charge in [0, 0.05) is 56.3 Å². The summed E-state index contributed by atoms with van der Waals surface area (Å²) < 4.78 is 56.2. The normalized spacial score (nSPS) is 16.8. The first-order chi connectivity index (χ1) is 20.6. The number of hydrogen-bond donors (Lipinski definition) is 2. The van der Waals surface area contributed by atoms with Crippen LogP contribution < -0.4 is 10.2 Å². The van der Waals surface area contributed by atoms with Gasteiger partial charge in [0.2, 0.25) is 0 Å². The van der Waals surface area contributed by atoms with Crippen LogP contribution in [-0.2, 0) is 17.5 Å². The molecule has 5 heterocycles. The van der Waals surface area contributed by atoms with Crippen molar-refractivity contribution in [2.24, 2.45) is 0 Å². The SMILES string of the molecule is CN(C)CCn1cc(-c2ccc(F)c(C(F)(F)F)c2)nc1C1CCN(c2ncnc3c2/C(=C/c2ncc[nH]2)C(=O)N3)CC1. The Kier molecular flexibility index (Phi) is 7.46. The number of alkyl halides is 3. The second kappa shape index (κ2) is 11.2. The van der Waals surface area contributed by atoms with Gasteiger partial charge < -0.3 is 24.7 Å². The van der Waals surface area contributed by atoms with E-state index in [2.05, 4.69) is 30.2 Å². The van der Waals surface area contributed by atoms with Gasteiger partial charge in [-0.3, -0.25) is 4.79 Å². The maximum Gasteiger partial charge on any atom is 0.419 e. The molecule has 4 aromatic rings. The van der Waals surface area contributed by atoms with E-state index in [-0.39, 0.29) is 17.4 Å². The number of likely N-dealkylation sites (N-methyl/N-ethyl adjacent to an activating group) is 1. The summed E-state index contributed by atoms with van der Waals surface area (Å²) >= 11 is 0. The molecule has 1 amide bonds. The highest BCUT2D eigenvalue weighted by atomic mass is 19.4. The number of benzene rings is 1. The van der Waals surface area contributed by atoms with Gasteiger partial charge in [0.15, 0.2) is 0 Å². The maximum atomic E-state index is 14.0. The summed E-state index contributed by atoms with van der Waals surface area (Å²) in [5.41, 5.74) is 0.305. The zero-order valence-corrected chi connectivity index (χ0v) is 23.5. The summed E-state index contributed by atoms with van der Waals surface area (Å²) in [6.07, 6.45) is 4.72. The highest BCUT2D eigenvalue weighted by molar-refractivity contribution is 6.35. The third-order valence-corrected chi connectivity index (χ3v) is 7.70. The van der Waals surface area contributed by atoms with E-state index >= 15 is 0 Å². The Morgan fingerprint density at radius 3 is 2.63 bits per heavy atom. The van der Waals surface area contributed by atoms with Gasteiger partial charge in [0.05, 0.1) is 22.4 Å². The van der Waals surface area contributed by atoms with Gasteiger partial charge in [-0.1, -0.05) is 0 Å². The largest absolute Gasteiger partial charge is 0.419 e. The smallest absolute Gasteiger partial charge is 0.356 e. The van der Waals surface area contributed by atoms with Gasteiger partial charge in [-0.25, -0.2) is 24.3 Å². The standard InChI is InChI=1S/C29H29F4N9O/c1-40(2)11-12-42-15-22(18-3-4-21(30)20(13-18)29(31,32)33)38-26(42)17-5-9-41(10-6-17)27-24-19(14-23-34-7-8-35-23)28(43)39-25(24)36-16-37-27/h3-4,7-8,13-17H,5-6,9-12H2,1-2H3,(H,34,35)(H,36,37,39,43)/b19-14-. The summed E-state index contributed by atoms with van der Waals surface area (Å²) in [6.45, 7) is 2.52. The molecule has 0 unspecified atom stereocenters. The number of H-pyrrole nitrogens is 1. The second-order valence-electron chi connectivity index (χ2n) is 10.8. The number of carbonyl (C=O) groups is 1. The summed E-state index contributed by atoms with van der Waals surface area (Å²) in [4.78, 5) is 37.7. The van der Waals surface area contributed by atoms with Crippen molar-refractivity contribution in [1.82, 2.24) is 34.4 Å². The Morgan fingerprint density at radius 2 is 1.93 bits per heavy atom. The number of aromatic amines is 1. The Morgan fingerprint density at radius 1 is 1.14 bits per heavy atom. The fourth-order valence-electron chi connectivity index (χ4n) is 5.51. The van der Waals surface area contributed by atoms with Crippen LogP contribution in [0.25, 0.3) is 22.9 Å². The topological polar surface area (TPSA) is 108 Å². The number of aromatic nitrogens is 6. The monoisotopic (exact) mass is 595 g/mol. The molecule has 0 atom stereocenters. The molecule has 2 aliphatic heterocycles. The van der Waals surface area contributed by atoms with Crippen molar-refractivity contribution in [3.05, 3.63) is 71.7 Å². The van der Waals surface area contributed by atoms with Crippen molar-refractivity contribution in [2.45, 2.75) is 31.5 Å². The molecule has 6 rings (SSSR count). The first kappa shape index (κ1) is 28.5. The molecule has 0 spiro atoms. The molecule has 0 aliphatic carbocycles. The number of imidazole rings is 2. The lowest BCUT2D eigenvalue weighted by atomic mass is 9.95. The molecule has 1 saturated heterocycles. The van der Waals surface area contributed by atoms with E-state index in [1.54, 1.807) is 24.7 Å². The van der Waals surface area contributed by atoms with Gasteiger partial charge >= 0.3 is 6.18 Å². The molecule has 1 fully saturated rings. The van der Waals surface area contributed by atoms with Crippen LogP contribution in [0.2, 0.25) is 0 Å². The van der Waals surface area contributed by atoms with Crippen molar-refractivity contribution in [3.63, 3.8) is 0 Å². The molecular weight excluding hydrogens is 566 g/mol. The lowest BCUT2D eigenvalue weighted by Gasteiger charge is -2.33. The minimum atomic E-state index is -4.81. The molecule has 2 N–H and O–H groups in total. The third-order valence-electron chi connectivity index (χ3n) is 7.70. The van der Waals surface area contributed by atoms with Crippen LogP contribution in [0.5, 0.6) is 0 Å². The van der Waals surface area contributed by atoms with Crippen LogP contribution in [0.4, 0.5) is 29.2 Å². The van der Waals surface area contributed by atoms with Crippen molar-refractivity contribution >= 4 is 29.2 Å². The number of halogens is 4. The predicted octanol–water partition coefficient (Wildman–Crippen LogP) is 4.66. The van der Waals surface area contributed by atoms with E-state index in [1.165, 1.54) is 12.4 Å². The number of piperidine rings is 1. The number of nitrogens with zero attached hydrogens (tertiary/aromatic N) is 7. The number of anilines is 2. The van der Waals surface area contributed by atoms with Gasteiger partial charge in [-0.15, -0.1) is 0 Å². The summed E-state index contributed by atoms with van der Waals surface area (Å²) in [6, 6.07) is 2.98. The first-order valence-electron chi connectivity index (χ1n) is 13.8. The number of rotatable bonds is 7. The highest BCUT2D eigenvalue weighted by Gasteiger charge is 2.36. The fourth-order valence-corrected chi connectivity index (χ4v) is 5.51. The van der Waals surface area contributed by atoms with E-state index in [4.69, 9.17) is 4.98 Å². The molecular formula is C29H29F4N9O. The molecule has 224 valence electrons. The number of nitrogens with one attached hydrogen (secondary N) is 2. The molecule has 3 aromatic heterocycles. The highest BCUT2D eigenvalue weighted by Crippen LogP contribution is 2.40. The van der Waals surface area contributed by atoms with E-state index in [0.29, 0.717) is 73.3 Å². The lowest BCUT2D eigenvalue weighted by Crippen LogP contribution is -2.35. The zero-order chi connectivity index (χ0) is 30.3. The van der Waals surface area contributed by atoms with E-state index in [9.17, 15) is 22.4 Å². The minimum Gasteiger partial charge on any atom is -0.356 e. The summed E-state index contributed by atoms with van der Waals surface area (Å²) in [7, 11) is 3.89. The average molecular weight is 596 g/mol. The van der Waals surface area contributed by atoms with Crippen LogP contribution in [0, 0.1) is 5.82 Å². The average Bonchev–Trinajstić information content (AvgIpc) is 3.71. The third kappa shape index (κ3) is 5.74. The number of fused-ring (bicyclic) bond motifs is 1. The first-order valence-corrected chi connectivity index (χ1v) is 13.8. The molecule has 43 heavy (non-hydrogen) atoms. The Bertz CT molecular complexity index is 1670. The van der Waals surface area contributed by atoms with Gasteiger partial charge in [-0.2, -0.15) is 13.2 Å². The van der Waals surface area contributed by atoms with Crippen LogP contribution >= 0.6 is 0 Å². The van der Waals surface area contributed by atoms with Crippen molar-refractivity contribution in [1.29, 1.82) is 0 Å². The van der Waals surface area contributed by atoms with Crippen LogP contribution in [0.15, 0.2) is 43.1 Å². The predicted molar refractivity (Wildman–Crippen MR) is 152 cm³/mol. The van der Waals surface area contributed by atoms with Gasteiger partial charge in [0.25, 0.3) is 5.91 Å². The Hall–Kier alpha value is -4.59. The summed E-state index contributed by atoms with van der Waals surface area (Å²) in [5, 5.41) is 2.80. The molecule has 0 saturated carbocycles. The van der Waals surface area contributed by atoms with Crippen molar-refractivity contribution in [3.8, 4) is 11.3 Å². The Balaban J connectivity index is 1.27. The fraction of sp³-hybridized carbons (Fsp3) is 0.345. The lowest BCUT2D eigenvalue weighted by molar-refractivity contribution is -0.139. The second-order valence-corrected chi connectivity index (χ2v) is 10.8. The van der Waals surface area contributed by atoms with E-state index in [1.807, 2.05) is 23.6 Å². The van der Waals surface area contributed by atoms with Gasteiger partial charge in [0.1, 0.15) is 35.4 Å². The van der Waals surface area contributed by atoms with Gasteiger partial charge in [-0.05, 0) is 51.2 Å². The van der Waals surface area contributed by atoms with Crippen molar-refractivity contribution in [2.75, 3.05) is 43.9 Å². The number of amides is 1. The Labute approximate surface area is 244 Å². The molecule has 0 bridgehead atoms. The number of hydrogen-bond acceptors (Lipinski definition) is 7. The molecule has 2 aliphatic rings. The zero-order valence-electron chi connectivity index (χ0n) is 23.5. The maximum absolute atomic E-state index is 14.0. The summed E-state index contributed by atoms with van der Waals surface area (Å²) in [5.74, 6) is 0.827. The minimum absolute atomic E-state index is 0.0301. The van der Waals surface area contributed by atoms with Crippen LogP contribution in [0.3, 0.4) is 0 Å². The van der Waals surface area contributed by atoms with Crippen molar-refractivity contribution < 1.29 is 22.4 Å². The quantitative estimate of drug-likeness (QED) is 0.236.